The van der Waals surface area contributed by atoms with Gasteiger partial charge in [0.05, 0.1) is 16.8 Å². The SMILES string of the molecule is C1=CC2=C(CC1)c1cccc3c1-c1cc(N(c4cccc5ccccc45)c4cccc5oc6ccccc6c45)ccc1C1=CCCC3=C12. The molecule has 0 unspecified atom stereocenters. The minimum Gasteiger partial charge on any atom is -0.456 e. The van der Waals surface area contributed by atoms with E-state index in [1.54, 1.807) is 0 Å². The van der Waals surface area contributed by atoms with Gasteiger partial charge in [0.1, 0.15) is 11.2 Å². The molecule has 0 aliphatic heterocycles. The molecule has 0 N–H and O–H groups in total. The Balaban J connectivity index is 1.24. The highest BCUT2D eigenvalue weighted by Crippen LogP contribution is 2.57. The zero-order valence-electron chi connectivity index (χ0n) is 26.5. The highest BCUT2D eigenvalue weighted by molar-refractivity contribution is 6.16. The lowest BCUT2D eigenvalue weighted by Crippen LogP contribution is -2.12. The van der Waals surface area contributed by atoms with E-state index in [1.807, 2.05) is 0 Å². The fourth-order valence-electron chi connectivity index (χ4n) is 8.96. The average Bonchev–Trinajstić information content (AvgIpc) is 3.48. The lowest BCUT2D eigenvalue weighted by molar-refractivity contribution is 0.669. The minimum absolute atomic E-state index is 0.898. The molecule has 4 aliphatic carbocycles. The topological polar surface area (TPSA) is 16.4 Å². The van der Waals surface area contributed by atoms with E-state index < -0.39 is 0 Å². The van der Waals surface area contributed by atoms with Crippen molar-refractivity contribution in [3.8, 4) is 11.1 Å². The van der Waals surface area contributed by atoms with Crippen LogP contribution in [0.25, 0.3) is 60.6 Å². The molecule has 7 aromatic rings. The van der Waals surface area contributed by atoms with Crippen molar-refractivity contribution < 1.29 is 4.42 Å². The Bertz CT molecular complexity index is 2670. The lowest BCUT2D eigenvalue weighted by Gasteiger charge is -2.30. The van der Waals surface area contributed by atoms with Crippen LogP contribution < -0.4 is 4.90 Å². The van der Waals surface area contributed by atoms with Crippen molar-refractivity contribution in [3.63, 3.8) is 0 Å². The van der Waals surface area contributed by atoms with Gasteiger partial charge in [0.25, 0.3) is 0 Å². The maximum atomic E-state index is 6.44. The molecule has 0 saturated heterocycles. The van der Waals surface area contributed by atoms with Gasteiger partial charge in [-0.15, -0.1) is 0 Å². The Labute approximate surface area is 279 Å². The Morgan fingerprint density at radius 2 is 1.31 bits per heavy atom. The number of rotatable bonds is 3. The fraction of sp³-hybridized carbons (Fsp3) is 0.0870. The largest absolute Gasteiger partial charge is 0.456 e. The normalized spacial score (nSPS) is 15.9. The van der Waals surface area contributed by atoms with E-state index in [9.17, 15) is 0 Å². The predicted molar refractivity (Wildman–Crippen MR) is 201 cm³/mol. The summed E-state index contributed by atoms with van der Waals surface area (Å²) < 4.78 is 6.44. The van der Waals surface area contributed by atoms with E-state index in [0.29, 0.717) is 0 Å². The lowest BCUT2D eigenvalue weighted by atomic mass is 9.77. The third-order valence-electron chi connectivity index (χ3n) is 10.9. The highest BCUT2D eigenvalue weighted by Gasteiger charge is 2.35. The van der Waals surface area contributed by atoms with Crippen molar-refractivity contribution in [1.29, 1.82) is 0 Å². The third kappa shape index (κ3) is 3.52. The summed E-state index contributed by atoms with van der Waals surface area (Å²) in [7, 11) is 0. The van der Waals surface area contributed by atoms with Crippen LogP contribution in [0.5, 0.6) is 0 Å². The van der Waals surface area contributed by atoms with Gasteiger partial charge in [-0.05, 0) is 123 Å². The highest BCUT2D eigenvalue weighted by atomic mass is 16.3. The van der Waals surface area contributed by atoms with Gasteiger partial charge in [-0.1, -0.05) is 103 Å². The molecule has 0 saturated carbocycles. The van der Waals surface area contributed by atoms with E-state index in [4.69, 9.17) is 4.42 Å². The molecule has 0 spiro atoms. The number of nitrogens with zero attached hydrogens (tertiary/aromatic N) is 1. The standard InChI is InChI=1S/C46H31NO/c1-2-13-30-28(11-1)12-7-21-40(30)47(41-22-10-24-43-46(41)38-16-5-6-23-42(38)48-43)29-25-26-32-35-18-9-19-36-37-20-8-17-34(45(37)39(32)27-29)31-14-3-4-15-33(31)44(35)36/h1-2,4-8,10-13,15-18,20-27H,3,9,14,19H2. The second kappa shape index (κ2) is 9.82. The van der Waals surface area contributed by atoms with Gasteiger partial charge in [-0.3, -0.25) is 0 Å². The summed E-state index contributed by atoms with van der Waals surface area (Å²) >= 11 is 0. The summed E-state index contributed by atoms with van der Waals surface area (Å²) in [6.07, 6.45) is 11.6. The first-order valence-electron chi connectivity index (χ1n) is 17.1. The zero-order chi connectivity index (χ0) is 31.3. The van der Waals surface area contributed by atoms with Crippen LogP contribution in [0, 0.1) is 0 Å². The Kier molecular flexibility index (Phi) is 5.37. The molecular formula is C46H31NO. The number of benzene rings is 6. The maximum absolute atomic E-state index is 6.44. The van der Waals surface area contributed by atoms with Crippen LogP contribution in [0.3, 0.4) is 0 Å². The summed E-state index contributed by atoms with van der Waals surface area (Å²) in [5.74, 6) is 0. The van der Waals surface area contributed by atoms with Gasteiger partial charge in [0.2, 0.25) is 0 Å². The molecule has 226 valence electrons. The van der Waals surface area contributed by atoms with Crippen LogP contribution in [-0.2, 0) is 0 Å². The van der Waals surface area contributed by atoms with E-state index >= 15 is 0 Å². The van der Waals surface area contributed by atoms with E-state index in [1.165, 1.54) is 66.5 Å². The summed E-state index contributed by atoms with van der Waals surface area (Å²) in [6, 6.07) is 44.5. The number of para-hydroxylation sites is 1. The van der Waals surface area contributed by atoms with Gasteiger partial charge >= 0.3 is 0 Å². The molecular weight excluding hydrogens is 583 g/mol. The minimum atomic E-state index is 0.898. The second-order valence-corrected chi connectivity index (χ2v) is 13.4. The molecule has 2 nitrogen and oxygen atoms in total. The predicted octanol–water partition coefficient (Wildman–Crippen LogP) is 12.9. The van der Waals surface area contributed by atoms with Crippen molar-refractivity contribution in [2.75, 3.05) is 4.90 Å². The number of fused-ring (bicyclic) bond motifs is 7. The fourth-order valence-corrected chi connectivity index (χ4v) is 8.96. The molecule has 6 bridgehead atoms. The smallest absolute Gasteiger partial charge is 0.137 e. The van der Waals surface area contributed by atoms with Crippen LogP contribution >= 0.6 is 0 Å². The molecule has 4 aliphatic rings. The third-order valence-corrected chi connectivity index (χ3v) is 10.9. The molecule has 6 aromatic carbocycles. The maximum Gasteiger partial charge on any atom is 0.137 e. The van der Waals surface area contributed by atoms with Gasteiger partial charge in [-0.2, -0.15) is 0 Å². The number of hydrogen-bond acceptors (Lipinski definition) is 2. The van der Waals surface area contributed by atoms with Gasteiger partial charge < -0.3 is 9.32 Å². The van der Waals surface area contributed by atoms with Crippen LogP contribution in [0.4, 0.5) is 17.1 Å². The van der Waals surface area contributed by atoms with Gasteiger partial charge in [-0.25, -0.2) is 0 Å². The van der Waals surface area contributed by atoms with Crippen molar-refractivity contribution >= 4 is 66.5 Å². The van der Waals surface area contributed by atoms with Crippen LogP contribution in [-0.4, -0.2) is 0 Å². The molecule has 0 radical (unpaired) electrons. The molecule has 0 amide bonds. The molecule has 0 atom stereocenters. The molecule has 11 rings (SSSR count). The first-order valence-corrected chi connectivity index (χ1v) is 17.1. The first kappa shape index (κ1) is 26.2. The Morgan fingerprint density at radius 1 is 0.562 bits per heavy atom. The summed E-state index contributed by atoms with van der Waals surface area (Å²) in [4.78, 5) is 2.47. The molecule has 2 heteroatoms. The molecule has 1 heterocycles. The van der Waals surface area contributed by atoms with Crippen molar-refractivity contribution in [2.24, 2.45) is 0 Å². The van der Waals surface area contributed by atoms with Crippen molar-refractivity contribution in [1.82, 2.24) is 0 Å². The summed E-state index contributed by atoms with van der Waals surface area (Å²) in [5, 5.41) is 4.70. The number of hydrogen-bond donors (Lipinski definition) is 0. The van der Waals surface area contributed by atoms with Crippen molar-refractivity contribution in [3.05, 3.63) is 167 Å². The zero-order valence-corrected chi connectivity index (χ0v) is 26.5. The Morgan fingerprint density at radius 3 is 2.27 bits per heavy atom. The molecule has 48 heavy (non-hydrogen) atoms. The number of furan rings is 1. The summed E-state index contributed by atoms with van der Waals surface area (Å²) in [6.45, 7) is 0. The van der Waals surface area contributed by atoms with E-state index in [0.717, 1.165) is 64.7 Å². The quantitative estimate of drug-likeness (QED) is 0.197. The van der Waals surface area contributed by atoms with Crippen LogP contribution in [0.15, 0.2) is 155 Å². The van der Waals surface area contributed by atoms with E-state index in [2.05, 4.69) is 144 Å². The van der Waals surface area contributed by atoms with Crippen molar-refractivity contribution in [2.45, 2.75) is 25.7 Å². The monoisotopic (exact) mass is 613 g/mol. The number of anilines is 3. The summed E-state index contributed by atoms with van der Waals surface area (Å²) in [5.41, 5.74) is 19.4. The van der Waals surface area contributed by atoms with Crippen LogP contribution in [0.2, 0.25) is 0 Å². The molecule has 1 aromatic heterocycles. The van der Waals surface area contributed by atoms with Crippen LogP contribution in [0.1, 0.15) is 42.4 Å². The average molecular weight is 614 g/mol. The second-order valence-electron chi connectivity index (χ2n) is 13.4. The van der Waals surface area contributed by atoms with E-state index in [-0.39, 0.29) is 0 Å². The van der Waals surface area contributed by atoms with Gasteiger partial charge in [0, 0.05) is 16.5 Å². The molecule has 0 fully saturated rings. The van der Waals surface area contributed by atoms with Gasteiger partial charge in [0.15, 0.2) is 0 Å². The first-order chi connectivity index (χ1) is 23.8. The number of allylic oxidation sites excluding steroid dienone is 8. The Hall–Kier alpha value is -5.86.